The number of halogens is 3. The first-order valence-corrected chi connectivity index (χ1v) is 23.5. The summed E-state index contributed by atoms with van der Waals surface area (Å²) >= 11 is 0. The summed E-state index contributed by atoms with van der Waals surface area (Å²) in [5, 5.41) is 19.0. The topological polar surface area (TPSA) is 47.9 Å². The van der Waals surface area contributed by atoms with Crippen LogP contribution >= 0.6 is 0 Å². The van der Waals surface area contributed by atoms with Gasteiger partial charge in [-0.15, -0.1) is 0 Å². The minimum absolute atomic E-state index is 0.180. The third-order valence-corrected chi connectivity index (χ3v) is 14.4. The standard InChI is InChI=1S/C63H35F3N6/c1-68-52-36-62(72-58-25-13-7-19-48(58)51-34-41(28-31-60(51)72)70-55-22-10-4-16-45(55)46-17-5-11-23-56(46)70)61(35-49(52)42-29-26-39(63(64,65)66)32-38(42)37-67)71-57-24-12-6-18-47(57)50-33-40(27-30-59(50)71)69-53-20-8-2-14-43(53)44-15-3-9-21-54(44)69/h2-36H. The zero-order valence-corrected chi connectivity index (χ0v) is 38.0. The van der Waals surface area contributed by atoms with E-state index in [9.17, 15) is 18.4 Å². The third kappa shape index (κ3) is 5.89. The van der Waals surface area contributed by atoms with Gasteiger partial charge in [-0.2, -0.15) is 18.4 Å². The number of para-hydroxylation sites is 6. The Labute approximate surface area is 408 Å². The molecule has 0 unspecified atom stereocenters. The summed E-state index contributed by atoms with van der Waals surface area (Å²) in [6, 6.07) is 72.0. The van der Waals surface area contributed by atoms with Crippen LogP contribution in [0.1, 0.15) is 11.1 Å². The molecule has 0 saturated heterocycles. The smallest absolute Gasteiger partial charge is 0.309 e. The molecule has 0 fully saturated rings. The summed E-state index contributed by atoms with van der Waals surface area (Å²) in [5.41, 5.74) is 10.9. The molecule has 0 bridgehead atoms. The van der Waals surface area contributed by atoms with Gasteiger partial charge in [0.2, 0.25) is 0 Å². The van der Waals surface area contributed by atoms with Crippen molar-refractivity contribution in [3.63, 3.8) is 0 Å². The average molecular weight is 933 g/mol. The van der Waals surface area contributed by atoms with Crippen LogP contribution in [0.5, 0.6) is 0 Å². The number of benzene rings is 10. The van der Waals surface area contributed by atoms with Crippen LogP contribution in [0.3, 0.4) is 0 Å². The number of alkyl halides is 3. The lowest BCUT2D eigenvalue weighted by atomic mass is 9.95. The Morgan fingerprint density at radius 1 is 0.375 bits per heavy atom. The van der Waals surface area contributed by atoms with Crippen LogP contribution in [0.15, 0.2) is 212 Å². The van der Waals surface area contributed by atoms with Crippen LogP contribution in [0.4, 0.5) is 18.9 Å². The number of fused-ring (bicyclic) bond motifs is 12. The first kappa shape index (κ1) is 41.2. The van der Waals surface area contributed by atoms with Gasteiger partial charge < -0.3 is 18.3 Å². The summed E-state index contributed by atoms with van der Waals surface area (Å²) in [6.45, 7) is 8.65. The van der Waals surface area contributed by atoms with E-state index < -0.39 is 11.7 Å². The molecule has 14 aromatic rings. The fourth-order valence-electron chi connectivity index (χ4n) is 11.4. The monoisotopic (exact) mass is 932 g/mol. The van der Waals surface area contributed by atoms with Crippen molar-refractivity contribution in [2.75, 3.05) is 0 Å². The highest BCUT2D eigenvalue weighted by Gasteiger charge is 2.32. The van der Waals surface area contributed by atoms with E-state index >= 15 is 0 Å². The molecule has 9 heteroatoms. The van der Waals surface area contributed by atoms with Gasteiger partial charge in [0, 0.05) is 54.5 Å². The molecule has 10 aromatic carbocycles. The highest BCUT2D eigenvalue weighted by atomic mass is 19.4. The van der Waals surface area contributed by atoms with Crippen molar-refractivity contribution in [1.82, 2.24) is 18.3 Å². The van der Waals surface area contributed by atoms with Gasteiger partial charge in [0.15, 0.2) is 5.69 Å². The number of nitrogens with zero attached hydrogens (tertiary/aromatic N) is 6. The van der Waals surface area contributed by atoms with Crippen LogP contribution in [0.25, 0.3) is 126 Å². The van der Waals surface area contributed by atoms with E-state index in [-0.39, 0.29) is 16.8 Å². The molecule has 4 aromatic heterocycles. The summed E-state index contributed by atoms with van der Waals surface area (Å²) in [4.78, 5) is 4.06. The summed E-state index contributed by atoms with van der Waals surface area (Å²) < 4.78 is 51.4. The molecule has 0 N–H and O–H groups in total. The van der Waals surface area contributed by atoms with Gasteiger partial charge in [0.25, 0.3) is 0 Å². The molecular formula is C63H35F3N6. The fourth-order valence-corrected chi connectivity index (χ4v) is 11.4. The number of rotatable bonds is 5. The molecule has 0 aliphatic carbocycles. The first-order chi connectivity index (χ1) is 35.3. The van der Waals surface area contributed by atoms with Crippen molar-refractivity contribution in [3.8, 4) is 39.9 Å². The number of aromatic nitrogens is 4. The van der Waals surface area contributed by atoms with Crippen LogP contribution in [-0.2, 0) is 6.18 Å². The molecule has 0 spiro atoms. The Hall–Kier alpha value is -9.83. The molecule has 14 rings (SSSR count). The average Bonchev–Trinajstić information content (AvgIpc) is 4.15. The van der Waals surface area contributed by atoms with Gasteiger partial charge in [-0.05, 0) is 108 Å². The van der Waals surface area contributed by atoms with Crippen molar-refractivity contribution >= 4 is 92.9 Å². The normalized spacial score (nSPS) is 12.1. The van der Waals surface area contributed by atoms with Crippen molar-refractivity contribution in [2.45, 2.75) is 6.18 Å². The molecule has 338 valence electrons. The second-order valence-corrected chi connectivity index (χ2v) is 18.2. The van der Waals surface area contributed by atoms with Gasteiger partial charge in [-0.25, -0.2) is 4.85 Å². The summed E-state index contributed by atoms with van der Waals surface area (Å²) in [5.74, 6) is 0. The fraction of sp³-hybridized carbons (Fsp3) is 0.0159. The lowest BCUT2D eigenvalue weighted by molar-refractivity contribution is -0.137. The molecule has 72 heavy (non-hydrogen) atoms. The molecule has 4 heterocycles. The largest absolute Gasteiger partial charge is 0.416 e. The van der Waals surface area contributed by atoms with Crippen molar-refractivity contribution in [2.24, 2.45) is 0 Å². The minimum atomic E-state index is -4.67. The van der Waals surface area contributed by atoms with Crippen LogP contribution in [-0.4, -0.2) is 18.3 Å². The predicted octanol–water partition coefficient (Wildman–Crippen LogP) is 17.2. The quantitative estimate of drug-likeness (QED) is 0.159. The molecule has 0 atom stereocenters. The van der Waals surface area contributed by atoms with Gasteiger partial charge in [0.1, 0.15) is 0 Å². The highest BCUT2D eigenvalue weighted by Crippen LogP contribution is 2.46. The Balaban J connectivity index is 1.08. The Kier molecular flexibility index (Phi) is 8.77. The second kappa shape index (κ2) is 15.3. The molecule has 0 aliphatic heterocycles. The molecule has 0 radical (unpaired) electrons. The van der Waals surface area contributed by atoms with E-state index in [0.29, 0.717) is 16.9 Å². The van der Waals surface area contributed by atoms with E-state index in [2.05, 4.69) is 181 Å². The first-order valence-electron chi connectivity index (χ1n) is 23.5. The minimum Gasteiger partial charge on any atom is -0.309 e. The summed E-state index contributed by atoms with van der Waals surface area (Å²) in [7, 11) is 0. The van der Waals surface area contributed by atoms with Crippen molar-refractivity contribution in [1.29, 1.82) is 5.26 Å². The zero-order chi connectivity index (χ0) is 48.4. The van der Waals surface area contributed by atoms with E-state index in [1.54, 1.807) is 0 Å². The Morgan fingerprint density at radius 3 is 1.12 bits per heavy atom. The predicted molar refractivity (Wildman–Crippen MR) is 285 cm³/mol. The van der Waals surface area contributed by atoms with Gasteiger partial charge in [0.05, 0.1) is 79.3 Å². The maximum Gasteiger partial charge on any atom is 0.416 e. The van der Waals surface area contributed by atoms with Crippen LogP contribution < -0.4 is 0 Å². The Morgan fingerprint density at radius 2 is 0.736 bits per heavy atom. The zero-order valence-electron chi connectivity index (χ0n) is 38.0. The lowest BCUT2D eigenvalue weighted by Crippen LogP contribution is -2.06. The van der Waals surface area contributed by atoms with E-state index in [1.807, 2.05) is 42.5 Å². The number of hydrogen-bond donors (Lipinski definition) is 0. The van der Waals surface area contributed by atoms with Crippen molar-refractivity contribution < 1.29 is 13.2 Å². The van der Waals surface area contributed by atoms with Gasteiger partial charge in [-0.1, -0.05) is 115 Å². The van der Waals surface area contributed by atoms with Gasteiger partial charge >= 0.3 is 6.18 Å². The maximum atomic E-state index is 14.1. The van der Waals surface area contributed by atoms with Crippen molar-refractivity contribution in [3.05, 3.63) is 235 Å². The van der Waals surface area contributed by atoms with Gasteiger partial charge in [-0.3, -0.25) is 0 Å². The molecule has 6 nitrogen and oxygen atoms in total. The lowest BCUT2D eigenvalue weighted by Gasteiger charge is -2.20. The second-order valence-electron chi connectivity index (χ2n) is 18.2. The highest BCUT2D eigenvalue weighted by molar-refractivity contribution is 6.15. The number of hydrogen-bond acceptors (Lipinski definition) is 1. The van der Waals surface area contributed by atoms with E-state index in [4.69, 9.17) is 6.57 Å². The van der Waals surface area contributed by atoms with E-state index in [0.717, 1.165) is 111 Å². The third-order valence-electron chi connectivity index (χ3n) is 14.4. The summed E-state index contributed by atoms with van der Waals surface area (Å²) in [6.07, 6.45) is -4.67. The number of nitriles is 1. The maximum absolute atomic E-state index is 14.1. The molecule has 0 amide bonds. The van der Waals surface area contributed by atoms with Crippen LogP contribution in [0.2, 0.25) is 0 Å². The molecule has 0 saturated carbocycles. The molecule has 0 aliphatic rings. The van der Waals surface area contributed by atoms with Crippen LogP contribution in [0, 0.1) is 17.9 Å². The Bertz CT molecular complexity index is 4610. The van der Waals surface area contributed by atoms with E-state index in [1.165, 1.54) is 6.07 Å². The molecular weight excluding hydrogens is 898 g/mol. The SMILES string of the molecule is [C-]#[N+]c1cc(-n2c3ccccc3c3cc(-n4c5ccccc5c5ccccc54)ccc32)c(-n2c3ccccc3c3cc(-n4c5ccccc5c5ccccc54)ccc32)cc1-c1ccc(C(F)(F)F)cc1C#N.